The minimum atomic E-state index is -0.431. The van der Waals surface area contributed by atoms with Gasteiger partial charge in [0.05, 0.1) is 7.11 Å². The van der Waals surface area contributed by atoms with E-state index in [0.717, 1.165) is 5.56 Å². The van der Waals surface area contributed by atoms with E-state index in [1.165, 1.54) is 24.8 Å². The first-order valence-electron chi connectivity index (χ1n) is 9.24. The van der Waals surface area contributed by atoms with Crippen LogP contribution in [0.25, 0.3) is 0 Å². The van der Waals surface area contributed by atoms with Crippen LogP contribution in [0.3, 0.4) is 0 Å². The second-order valence-corrected chi connectivity index (χ2v) is 7.33. The molecule has 0 aliphatic carbocycles. The molecule has 0 spiro atoms. The third kappa shape index (κ3) is 5.07. The number of nitrogens with zero attached hydrogens (tertiary/aromatic N) is 3. The Bertz CT molecular complexity index is 1050. The van der Waals surface area contributed by atoms with Crippen LogP contribution in [0.1, 0.15) is 28.7 Å². The van der Waals surface area contributed by atoms with Gasteiger partial charge in [-0.15, -0.1) is 16.8 Å². The Morgan fingerprint density at radius 2 is 2.03 bits per heavy atom. The molecule has 0 bridgehead atoms. The second-order valence-electron chi connectivity index (χ2n) is 6.39. The molecule has 2 aromatic carbocycles. The fraction of sp³-hybridized carbons (Fsp3) is 0.227. The number of ether oxygens (including phenoxy) is 2. The van der Waals surface area contributed by atoms with Gasteiger partial charge >= 0.3 is 0 Å². The van der Waals surface area contributed by atoms with Gasteiger partial charge in [0.2, 0.25) is 0 Å². The smallest absolute Gasteiger partial charge is 0.191 e. The Kier molecular flexibility index (Phi) is 7.24. The summed E-state index contributed by atoms with van der Waals surface area (Å²) in [5.74, 6) is 1.51. The molecule has 156 valence electrons. The van der Waals surface area contributed by atoms with Crippen molar-refractivity contribution >= 4 is 17.5 Å². The van der Waals surface area contributed by atoms with Crippen LogP contribution in [0.5, 0.6) is 11.5 Å². The molecule has 0 N–H and O–H groups in total. The molecule has 0 saturated carbocycles. The quantitative estimate of drug-likeness (QED) is 0.266. The van der Waals surface area contributed by atoms with E-state index in [1.807, 2.05) is 10.6 Å². The third-order valence-corrected chi connectivity index (χ3v) is 5.36. The number of hydrogen-bond acceptors (Lipinski definition) is 6. The van der Waals surface area contributed by atoms with E-state index in [0.29, 0.717) is 34.6 Å². The summed E-state index contributed by atoms with van der Waals surface area (Å²) in [6, 6.07) is 11.6. The van der Waals surface area contributed by atoms with Crippen molar-refractivity contribution in [2.45, 2.75) is 31.0 Å². The summed E-state index contributed by atoms with van der Waals surface area (Å²) in [5, 5.41) is 9.10. The van der Waals surface area contributed by atoms with E-state index in [-0.39, 0.29) is 18.1 Å². The van der Waals surface area contributed by atoms with Crippen LogP contribution in [0.4, 0.5) is 4.39 Å². The maximum atomic E-state index is 13.8. The molecule has 0 aliphatic rings. The monoisotopic (exact) mass is 427 g/mol. The predicted molar refractivity (Wildman–Crippen MR) is 114 cm³/mol. The standard InChI is InChI=1S/C22H22FN3O3S/c1-4-11-26-21(13-29-20-8-6-5-7-18(20)23)24-25-22(26)30-14-17-12-16(15(2)27)9-10-19(17)28-3/h4-10,12H,1,11,13-14H2,2-3H3. The van der Waals surface area contributed by atoms with Crippen LogP contribution in [0, 0.1) is 5.82 Å². The number of benzene rings is 2. The zero-order chi connectivity index (χ0) is 21.5. The van der Waals surface area contributed by atoms with E-state index >= 15 is 0 Å². The zero-order valence-electron chi connectivity index (χ0n) is 16.8. The van der Waals surface area contributed by atoms with Gasteiger partial charge in [0.25, 0.3) is 0 Å². The first-order chi connectivity index (χ1) is 14.5. The minimum Gasteiger partial charge on any atom is -0.496 e. The lowest BCUT2D eigenvalue weighted by Gasteiger charge is -2.11. The van der Waals surface area contributed by atoms with Crippen LogP contribution in [-0.4, -0.2) is 27.7 Å². The number of carbonyl (C=O) groups excluding carboxylic acids is 1. The van der Waals surface area contributed by atoms with Gasteiger partial charge in [-0.2, -0.15) is 0 Å². The normalized spacial score (nSPS) is 10.6. The topological polar surface area (TPSA) is 66.2 Å². The number of halogens is 1. The Balaban J connectivity index is 1.77. The first kappa shape index (κ1) is 21.6. The van der Waals surface area contributed by atoms with Crippen molar-refractivity contribution in [1.29, 1.82) is 0 Å². The molecular formula is C22H22FN3O3S. The molecule has 0 fully saturated rings. The van der Waals surface area contributed by atoms with Gasteiger partial charge in [0.1, 0.15) is 12.4 Å². The summed E-state index contributed by atoms with van der Waals surface area (Å²) in [7, 11) is 1.59. The average Bonchev–Trinajstić information content (AvgIpc) is 3.13. The SMILES string of the molecule is C=CCn1c(COc2ccccc2F)nnc1SCc1cc(C(C)=O)ccc1OC. The van der Waals surface area contributed by atoms with Crippen molar-refractivity contribution in [3.63, 3.8) is 0 Å². The molecule has 3 aromatic rings. The van der Waals surface area contributed by atoms with Crippen molar-refractivity contribution in [1.82, 2.24) is 14.8 Å². The van der Waals surface area contributed by atoms with E-state index < -0.39 is 5.82 Å². The number of thioether (sulfide) groups is 1. The molecule has 3 rings (SSSR count). The maximum Gasteiger partial charge on any atom is 0.191 e. The average molecular weight is 428 g/mol. The fourth-order valence-corrected chi connectivity index (χ4v) is 3.75. The number of carbonyl (C=O) groups is 1. The highest BCUT2D eigenvalue weighted by atomic mass is 32.2. The molecule has 0 atom stereocenters. The minimum absolute atomic E-state index is 0.00805. The summed E-state index contributed by atoms with van der Waals surface area (Å²) < 4.78 is 26.6. The molecule has 0 amide bonds. The summed E-state index contributed by atoms with van der Waals surface area (Å²) in [5.41, 5.74) is 1.51. The Morgan fingerprint density at radius 3 is 2.73 bits per heavy atom. The number of methoxy groups -OCH3 is 1. The van der Waals surface area contributed by atoms with Crippen LogP contribution in [0.2, 0.25) is 0 Å². The van der Waals surface area contributed by atoms with Crippen molar-refractivity contribution in [3.05, 3.63) is 77.9 Å². The van der Waals surface area contributed by atoms with Crippen LogP contribution in [-0.2, 0) is 18.9 Å². The molecule has 6 nitrogen and oxygen atoms in total. The highest BCUT2D eigenvalue weighted by Crippen LogP contribution is 2.29. The summed E-state index contributed by atoms with van der Waals surface area (Å²) in [4.78, 5) is 11.7. The van der Waals surface area contributed by atoms with Gasteiger partial charge in [-0.3, -0.25) is 9.36 Å². The predicted octanol–water partition coefficient (Wildman–Crippen LogP) is 4.69. The number of ketones is 1. The summed E-state index contributed by atoms with van der Waals surface area (Å²) >= 11 is 1.46. The van der Waals surface area contributed by atoms with Gasteiger partial charge in [-0.05, 0) is 37.3 Å². The molecule has 0 unspecified atom stereocenters. The zero-order valence-corrected chi connectivity index (χ0v) is 17.6. The van der Waals surface area contributed by atoms with E-state index in [1.54, 1.807) is 43.5 Å². The molecule has 0 radical (unpaired) electrons. The molecular weight excluding hydrogens is 405 g/mol. The maximum absolute atomic E-state index is 13.8. The molecule has 8 heteroatoms. The van der Waals surface area contributed by atoms with Gasteiger partial charge < -0.3 is 9.47 Å². The second kappa shape index (κ2) is 10.1. The number of aromatic nitrogens is 3. The van der Waals surface area contributed by atoms with Gasteiger partial charge in [0, 0.05) is 23.4 Å². The lowest BCUT2D eigenvalue weighted by molar-refractivity contribution is 0.101. The highest BCUT2D eigenvalue weighted by Gasteiger charge is 2.15. The number of para-hydroxylation sites is 1. The number of allylic oxidation sites excluding steroid dienone is 1. The highest BCUT2D eigenvalue weighted by molar-refractivity contribution is 7.98. The van der Waals surface area contributed by atoms with Crippen molar-refractivity contribution in [2.24, 2.45) is 0 Å². The summed E-state index contributed by atoms with van der Waals surface area (Å²) in [6.07, 6.45) is 1.73. The van der Waals surface area contributed by atoms with Gasteiger partial charge in [-0.25, -0.2) is 4.39 Å². The number of Topliss-reactive ketones (excluding diaryl/α,β-unsaturated/α-hetero) is 1. The molecule has 1 heterocycles. The Hall–Kier alpha value is -3.13. The molecule has 0 saturated heterocycles. The molecule has 0 aliphatic heterocycles. The number of hydrogen-bond donors (Lipinski definition) is 0. The van der Waals surface area contributed by atoms with Crippen LogP contribution in [0.15, 0.2) is 60.3 Å². The molecule has 1 aromatic heterocycles. The number of rotatable bonds is 10. The Morgan fingerprint density at radius 1 is 1.23 bits per heavy atom. The van der Waals surface area contributed by atoms with Gasteiger partial charge in [-0.1, -0.05) is 30.0 Å². The van der Waals surface area contributed by atoms with Crippen LogP contribution < -0.4 is 9.47 Å². The summed E-state index contributed by atoms with van der Waals surface area (Å²) in [6.45, 7) is 5.87. The fourth-order valence-electron chi connectivity index (χ4n) is 2.80. The lowest BCUT2D eigenvalue weighted by atomic mass is 10.1. The Labute approximate surface area is 178 Å². The molecule has 30 heavy (non-hydrogen) atoms. The van der Waals surface area contributed by atoms with E-state index in [2.05, 4.69) is 16.8 Å². The van der Waals surface area contributed by atoms with E-state index in [9.17, 15) is 9.18 Å². The lowest BCUT2D eigenvalue weighted by Crippen LogP contribution is -2.08. The largest absolute Gasteiger partial charge is 0.496 e. The van der Waals surface area contributed by atoms with Crippen molar-refractivity contribution in [2.75, 3.05) is 7.11 Å². The van der Waals surface area contributed by atoms with Crippen molar-refractivity contribution < 1.29 is 18.7 Å². The van der Waals surface area contributed by atoms with Crippen molar-refractivity contribution in [3.8, 4) is 11.5 Å². The van der Waals surface area contributed by atoms with Gasteiger partial charge in [0.15, 0.2) is 28.3 Å². The van der Waals surface area contributed by atoms with Crippen LogP contribution >= 0.6 is 11.8 Å². The third-order valence-electron chi connectivity index (χ3n) is 4.34. The van der Waals surface area contributed by atoms with E-state index in [4.69, 9.17) is 9.47 Å². The first-order valence-corrected chi connectivity index (χ1v) is 10.2.